The molecule has 5 nitrogen and oxygen atoms in total. The van der Waals surface area contributed by atoms with Crippen LogP contribution in [-0.2, 0) is 11.3 Å². The number of hydrogen-bond acceptors (Lipinski definition) is 4. The van der Waals surface area contributed by atoms with Crippen molar-refractivity contribution in [3.8, 4) is 0 Å². The Morgan fingerprint density at radius 3 is 2.65 bits per heavy atom. The largest absolute Gasteiger partial charge is 0.457 e. The number of rotatable bonds is 4. The summed E-state index contributed by atoms with van der Waals surface area (Å²) in [6, 6.07) is 12.4. The molecule has 2 aromatic carbocycles. The number of carbonyl (C=O) groups is 1. The van der Waals surface area contributed by atoms with Gasteiger partial charge < -0.3 is 4.74 Å². The van der Waals surface area contributed by atoms with E-state index in [-0.39, 0.29) is 12.3 Å². The molecule has 0 aliphatic heterocycles. The number of halogens is 1. The molecule has 0 aromatic heterocycles. The topological polar surface area (TPSA) is 69.4 Å². The van der Waals surface area contributed by atoms with Gasteiger partial charge in [-0.05, 0) is 24.3 Å². The minimum atomic E-state index is -0.578. The maximum atomic E-state index is 11.8. The monoisotopic (exact) mass is 291 g/mol. The Kier molecular flexibility index (Phi) is 4.32. The number of nitro benzene ring substituents is 1. The van der Waals surface area contributed by atoms with Crippen molar-refractivity contribution >= 4 is 23.3 Å². The molecule has 0 bridgehead atoms. The van der Waals surface area contributed by atoms with Crippen molar-refractivity contribution in [2.45, 2.75) is 6.61 Å². The predicted octanol–water partition coefficient (Wildman–Crippen LogP) is 3.61. The average molecular weight is 292 g/mol. The molecule has 0 atom stereocenters. The second-order valence-corrected chi connectivity index (χ2v) is 4.41. The zero-order chi connectivity index (χ0) is 14.5. The molecule has 0 fully saturated rings. The quantitative estimate of drug-likeness (QED) is 0.490. The normalized spacial score (nSPS) is 10.1. The molecule has 0 unspecified atom stereocenters. The number of carbonyl (C=O) groups excluding carboxylic acids is 1. The maximum Gasteiger partial charge on any atom is 0.338 e. The molecule has 0 heterocycles. The van der Waals surface area contributed by atoms with Crippen LogP contribution in [0.3, 0.4) is 0 Å². The van der Waals surface area contributed by atoms with Gasteiger partial charge in [-0.15, -0.1) is 0 Å². The Morgan fingerprint density at radius 2 is 1.95 bits per heavy atom. The zero-order valence-electron chi connectivity index (χ0n) is 10.3. The number of hydrogen-bond donors (Lipinski definition) is 0. The van der Waals surface area contributed by atoms with Crippen molar-refractivity contribution < 1.29 is 14.5 Å². The fourth-order valence-corrected chi connectivity index (χ4v) is 1.84. The van der Waals surface area contributed by atoms with Crippen LogP contribution in [0.5, 0.6) is 0 Å². The van der Waals surface area contributed by atoms with E-state index in [0.29, 0.717) is 16.1 Å². The molecule has 0 saturated heterocycles. The van der Waals surface area contributed by atoms with Crippen LogP contribution in [0.15, 0.2) is 48.5 Å². The highest BCUT2D eigenvalue weighted by Gasteiger charge is 2.15. The molecule has 0 N–H and O–H groups in total. The van der Waals surface area contributed by atoms with Gasteiger partial charge in [0.25, 0.3) is 5.69 Å². The van der Waals surface area contributed by atoms with Crippen molar-refractivity contribution in [2.75, 3.05) is 0 Å². The Morgan fingerprint density at radius 1 is 1.20 bits per heavy atom. The van der Waals surface area contributed by atoms with Gasteiger partial charge in [0.15, 0.2) is 0 Å². The summed E-state index contributed by atoms with van der Waals surface area (Å²) in [4.78, 5) is 22.1. The van der Waals surface area contributed by atoms with E-state index in [0.717, 1.165) is 0 Å². The summed E-state index contributed by atoms with van der Waals surface area (Å²) in [5.74, 6) is -0.578. The minimum Gasteiger partial charge on any atom is -0.457 e. The van der Waals surface area contributed by atoms with Crippen LogP contribution in [0.25, 0.3) is 0 Å². The van der Waals surface area contributed by atoms with Crippen LogP contribution in [0.4, 0.5) is 5.69 Å². The van der Waals surface area contributed by atoms with Crippen molar-refractivity contribution in [2.24, 2.45) is 0 Å². The minimum absolute atomic E-state index is 0.0774. The fourth-order valence-electron chi connectivity index (χ4n) is 1.65. The summed E-state index contributed by atoms with van der Waals surface area (Å²) < 4.78 is 5.06. The van der Waals surface area contributed by atoms with Crippen LogP contribution in [0, 0.1) is 10.1 Å². The molecule has 0 aliphatic carbocycles. The molecule has 0 spiro atoms. The first-order valence-corrected chi connectivity index (χ1v) is 6.10. The van der Waals surface area contributed by atoms with Crippen molar-refractivity contribution in [1.29, 1.82) is 0 Å². The van der Waals surface area contributed by atoms with Gasteiger partial charge in [0.2, 0.25) is 0 Å². The van der Waals surface area contributed by atoms with E-state index in [4.69, 9.17) is 16.3 Å². The molecular weight excluding hydrogens is 282 g/mol. The summed E-state index contributed by atoms with van der Waals surface area (Å²) in [6.45, 7) is -0.164. The van der Waals surface area contributed by atoms with Crippen molar-refractivity contribution in [3.05, 3.63) is 74.8 Å². The van der Waals surface area contributed by atoms with Crippen molar-refractivity contribution in [1.82, 2.24) is 0 Å². The van der Waals surface area contributed by atoms with E-state index in [9.17, 15) is 14.9 Å². The lowest BCUT2D eigenvalue weighted by Gasteiger charge is -2.05. The lowest BCUT2D eigenvalue weighted by molar-refractivity contribution is -0.385. The molecule has 0 saturated carbocycles. The van der Waals surface area contributed by atoms with Gasteiger partial charge in [-0.1, -0.05) is 29.8 Å². The highest BCUT2D eigenvalue weighted by molar-refractivity contribution is 6.30. The molecule has 102 valence electrons. The number of benzene rings is 2. The number of esters is 1. The Balaban J connectivity index is 2.09. The number of nitro groups is 1. The van der Waals surface area contributed by atoms with Crippen LogP contribution >= 0.6 is 11.6 Å². The number of para-hydroxylation sites is 1. The fraction of sp³-hybridized carbons (Fsp3) is 0.0714. The summed E-state index contributed by atoms with van der Waals surface area (Å²) in [7, 11) is 0. The smallest absolute Gasteiger partial charge is 0.338 e. The molecular formula is C14H10ClNO4. The molecule has 6 heteroatoms. The van der Waals surface area contributed by atoms with E-state index in [1.807, 2.05) is 0 Å². The molecule has 2 aromatic rings. The third-order valence-corrected chi connectivity index (χ3v) is 2.84. The third-order valence-electron chi connectivity index (χ3n) is 2.61. The van der Waals surface area contributed by atoms with Gasteiger partial charge in [0.05, 0.1) is 16.1 Å². The zero-order valence-corrected chi connectivity index (χ0v) is 11.0. The lowest BCUT2D eigenvalue weighted by Crippen LogP contribution is -2.06. The van der Waals surface area contributed by atoms with E-state index in [2.05, 4.69) is 0 Å². The molecule has 20 heavy (non-hydrogen) atoms. The third kappa shape index (κ3) is 3.33. The van der Waals surface area contributed by atoms with Crippen LogP contribution in [0.2, 0.25) is 5.02 Å². The Bertz CT molecular complexity index is 657. The second kappa shape index (κ2) is 6.16. The second-order valence-electron chi connectivity index (χ2n) is 3.97. The number of nitrogens with zero attached hydrogens (tertiary/aromatic N) is 1. The molecule has 2 rings (SSSR count). The summed E-state index contributed by atoms with van der Waals surface area (Å²) in [5.41, 5.74) is 0.565. The van der Waals surface area contributed by atoms with E-state index >= 15 is 0 Å². The van der Waals surface area contributed by atoms with Gasteiger partial charge >= 0.3 is 5.97 Å². The Hall–Kier alpha value is -2.40. The van der Waals surface area contributed by atoms with Crippen LogP contribution < -0.4 is 0 Å². The lowest BCUT2D eigenvalue weighted by atomic mass is 10.2. The highest BCUT2D eigenvalue weighted by atomic mass is 35.5. The van der Waals surface area contributed by atoms with Crippen molar-refractivity contribution in [3.63, 3.8) is 0 Å². The SMILES string of the molecule is O=C(OCc1ccccc1[N+](=O)[O-])c1cccc(Cl)c1. The van der Waals surface area contributed by atoms with Crippen LogP contribution in [-0.4, -0.2) is 10.9 Å². The standard InChI is InChI=1S/C14H10ClNO4/c15-12-6-3-5-10(8-12)14(17)20-9-11-4-1-2-7-13(11)16(18)19/h1-8H,9H2. The first-order chi connectivity index (χ1) is 9.58. The summed E-state index contributed by atoms with van der Waals surface area (Å²) in [6.07, 6.45) is 0. The van der Waals surface area contributed by atoms with E-state index in [1.165, 1.54) is 12.1 Å². The van der Waals surface area contributed by atoms with Gasteiger partial charge in [-0.2, -0.15) is 0 Å². The van der Waals surface area contributed by atoms with Gasteiger partial charge in [0, 0.05) is 11.1 Å². The summed E-state index contributed by atoms with van der Waals surface area (Å²) in [5, 5.41) is 11.3. The Labute approximate surface area is 119 Å². The summed E-state index contributed by atoms with van der Waals surface area (Å²) >= 11 is 5.78. The van der Waals surface area contributed by atoms with Crippen LogP contribution in [0.1, 0.15) is 15.9 Å². The highest BCUT2D eigenvalue weighted by Crippen LogP contribution is 2.19. The van der Waals surface area contributed by atoms with Gasteiger partial charge in [0.1, 0.15) is 6.61 Å². The number of ether oxygens (including phenoxy) is 1. The molecule has 0 radical (unpaired) electrons. The molecule has 0 aliphatic rings. The maximum absolute atomic E-state index is 11.8. The first kappa shape index (κ1) is 14.0. The van der Waals surface area contributed by atoms with Gasteiger partial charge in [-0.3, -0.25) is 10.1 Å². The van der Waals surface area contributed by atoms with E-state index in [1.54, 1.807) is 36.4 Å². The van der Waals surface area contributed by atoms with E-state index < -0.39 is 10.9 Å². The first-order valence-electron chi connectivity index (χ1n) is 5.73. The molecule has 0 amide bonds. The van der Waals surface area contributed by atoms with Gasteiger partial charge in [-0.25, -0.2) is 4.79 Å². The predicted molar refractivity (Wildman–Crippen MR) is 73.7 cm³/mol. The average Bonchev–Trinajstić information content (AvgIpc) is 2.45.